The molecule has 1 N–H and O–H groups in total. The van der Waals surface area contributed by atoms with Gasteiger partial charge in [0.15, 0.2) is 5.54 Å². The first-order valence-corrected chi connectivity index (χ1v) is 9.09. The summed E-state index contributed by atoms with van der Waals surface area (Å²) in [7, 11) is 3.36. The number of hydrogen-bond acceptors (Lipinski definition) is 4. The maximum atomic E-state index is 13.3. The fourth-order valence-electron chi connectivity index (χ4n) is 3.76. The predicted octanol–water partition coefficient (Wildman–Crippen LogP) is 2.12. The average Bonchev–Trinajstić information content (AvgIpc) is 2.93. The van der Waals surface area contributed by atoms with Gasteiger partial charge in [-0.3, -0.25) is 14.5 Å². The summed E-state index contributed by atoms with van der Waals surface area (Å²) in [6.45, 7) is 0.452. The van der Waals surface area contributed by atoms with Crippen LogP contribution >= 0.6 is 0 Å². The van der Waals surface area contributed by atoms with Crippen LogP contribution in [-0.4, -0.2) is 48.3 Å². The highest BCUT2D eigenvalue weighted by Crippen LogP contribution is 2.41. The smallest absolute Gasteiger partial charge is 0.325 e. The lowest BCUT2D eigenvalue weighted by Crippen LogP contribution is -2.47. The second-order valence-corrected chi connectivity index (χ2v) is 7.22. The Labute approximate surface area is 162 Å². The second-order valence-electron chi connectivity index (χ2n) is 7.22. The summed E-state index contributed by atoms with van der Waals surface area (Å²) < 4.78 is 5.65. The van der Waals surface area contributed by atoms with Gasteiger partial charge in [0.2, 0.25) is 0 Å². The third kappa shape index (κ3) is 2.79. The van der Waals surface area contributed by atoms with Crippen molar-refractivity contribution in [1.29, 1.82) is 0 Å². The number of ether oxygens (including phenoxy) is 1. The molecule has 2 aliphatic heterocycles. The summed E-state index contributed by atoms with van der Waals surface area (Å²) in [4.78, 5) is 40.9. The fraction of sp³-hybridized carbons (Fsp3) is 0.286. The largest absolute Gasteiger partial charge is 0.493 e. The molecule has 2 heterocycles. The van der Waals surface area contributed by atoms with Crippen molar-refractivity contribution < 1.29 is 19.1 Å². The highest BCUT2D eigenvalue weighted by molar-refractivity contribution is 6.08. The maximum absolute atomic E-state index is 13.3. The Morgan fingerprint density at radius 3 is 2.75 bits per heavy atom. The third-order valence-electron chi connectivity index (χ3n) is 5.18. The molecule has 2 aliphatic rings. The van der Waals surface area contributed by atoms with Gasteiger partial charge in [-0.2, -0.15) is 0 Å². The van der Waals surface area contributed by atoms with E-state index >= 15 is 0 Å². The minimum atomic E-state index is -1.09. The molecule has 28 heavy (non-hydrogen) atoms. The lowest BCUT2D eigenvalue weighted by Gasteiger charge is -2.33. The molecule has 0 saturated carbocycles. The number of para-hydroxylation sites is 1. The Balaban J connectivity index is 1.63. The van der Waals surface area contributed by atoms with Crippen molar-refractivity contribution in [2.45, 2.75) is 18.5 Å². The van der Waals surface area contributed by atoms with E-state index in [1.807, 2.05) is 18.2 Å². The number of nitrogens with zero attached hydrogens (tertiary/aromatic N) is 2. The summed E-state index contributed by atoms with van der Waals surface area (Å²) in [5, 5.41) is 2.88. The van der Waals surface area contributed by atoms with Crippen molar-refractivity contribution in [3.05, 3.63) is 65.2 Å². The molecule has 0 bridgehead atoms. The number of imide groups is 1. The van der Waals surface area contributed by atoms with Crippen LogP contribution in [0.4, 0.5) is 4.79 Å². The first kappa shape index (κ1) is 18.0. The van der Waals surface area contributed by atoms with E-state index in [1.54, 1.807) is 44.4 Å². The Hall–Kier alpha value is -3.35. The SMILES string of the molecule is CN(C)C(=O)c1cccc(CN2C(=O)NC3(CCOc4ccccc43)C2=O)c1. The van der Waals surface area contributed by atoms with E-state index in [0.29, 0.717) is 35.5 Å². The molecule has 0 aromatic heterocycles. The molecule has 1 atom stereocenters. The first-order chi connectivity index (χ1) is 13.4. The average molecular weight is 379 g/mol. The van der Waals surface area contributed by atoms with Gasteiger partial charge in [-0.25, -0.2) is 4.79 Å². The van der Waals surface area contributed by atoms with Crippen LogP contribution < -0.4 is 10.1 Å². The fourth-order valence-corrected chi connectivity index (χ4v) is 3.76. The predicted molar refractivity (Wildman–Crippen MR) is 102 cm³/mol. The highest BCUT2D eigenvalue weighted by Gasteiger charge is 2.54. The summed E-state index contributed by atoms with van der Waals surface area (Å²) >= 11 is 0. The van der Waals surface area contributed by atoms with Crippen molar-refractivity contribution in [3.63, 3.8) is 0 Å². The topological polar surface area (TPSA) is 79.0 Å². The van der Waals surface area contributed by atoms with Crippen molar-refractivity contribution in [2.24, 2.45) is 0 Å². The van der Waals surface area contributed by atoms with E-state index in [1.165, 1.54) is 9.80 Å². The summed E-state index contributed by atoms with van der Waals surface area (Å²) in [6, 6.07) is 13.8. The first-order valence-electron chi connectivity index (χ1n) is 9.09. The molecule has 1 fully saturated rings. The number of benzene rings is 2. The molecule has 1 spiro atoms. The van der Waals surface area contributed by atoms with Crippen LogP contribution in [0.1, 0.15) is 27.9 Å². The van der Waals surface area contributed by atoms with Crippen LogP contribution in [0.5, 0.6) is 5.75 Å². The molecule has 2 aromatic rings. The van der Waals surface area contributed by atoms with Crippen molar-refractivity contribution >= 4 is 17.8 Å². The maximum Gasteiger partial charge on any atom is 0.325 e. The van der Waals surface area contributed by atoms with Crippen LogP contribution in [-0.2, 0) is 16.9 Å². The van der Waals surface area contributed by atoms with Crippen LogP contribution in [0.25, 0.3) is 0 Å². The van der Waals surface area contributed by atoms with E-state index in [4.69, 9.17) is 4.74 Å². The molecule has 0 aliphatic carbocycles. The molecule has 4 amide bonds. The van der Waals surface area contributed by atoms with Gasteiger partial charge >= 0.3 is 6.03 Å². The molecular weight excluding hydrogens is 358 g/mol. The van der Waals surface area contributed by atoms with Gasteiger partial charge in [0, 0.05) is 31.6 Å². The minimum Gasteiger partial charge on any atom is -0.493 e. The number of carbonyl (C=O) groups excluding carboxylic acids is 3. The number of nitrogens with one attached hydrogen (secondary N) is 1. The van der Waals surface area contributed by atoms with Crippen molar-refractivity contribution in [3.8, 4) is 5.75 Å². The summed E-state index contributed by atoms with van der Waals surface area (Å²) in [6.07, 6.45) is 0.379. The monoisotopic (exact) mass is 379 g/mol. The summed E-state index contributed by atoms with van der Waals surface area (Å²) in [5.74, 6) is 0.189. The number of hydrogen-bond donors (Lipinski definition) is 1. The molecular formula is C21H21N3O4. The lowest BCUT2D eigenvalue weighted by molar-refractivity contribution is -0.133. The number of rotatable bonds is 3. The van der Waals surface area contributed by atoms with Crippen LogP contribution in [0.3, 0.4) is 0 Å². The van der Waals surface area contributed by atoms with E-state index < -0.39 is 11.6 Å². The molecule has 4 rings (SSSR count). The Kier molecular flexibility index (Phi) is 4.30. The standard InChI is InChI=1S/C21H21N3O4/c1-23(2)18(25)15-7-5-6-14(12-15)13-24-19(26)21(22-20(24)27)10-11-28-17-9-4-3-8-16(17)21/h3-9,12H,10-11,13H2,1-2H3,(H,22,27). The zero-order valence-electron chi connectivity index (χ0n) is 15.8. The number of amides is 4. The molecule has 144 valence electrons. The number of carbonyl (C=O) groups is 3. The van der Waals surface area contributed by atoms with E-state index in [2.05, 4.69) is 5.32 Å². The quantitative estimate of drug-likeness (QED) is 0.829. The van der Waals surface area contributed by atoms with Crippen molar-refractivity contribution in [1.82, 2.24) is 15.1 Å². The lowest BCUT2D eigenvalue weighted by atomic mass is 9.84. The Morgan fingerprint density at radius 2 is 1.96 bits per heavy atom. The van der Waals surface area contributed by atoms with Crippen molar-refractivity contribution in [2.75, 3.05) is 20.7 Å². The zero-order chi connectivity index (χ0) is 19.9. The molecule has 0 radical (unpaired) electrons. The van der Waals surface area contributed by atoms with Gasteiger partial charge in [-0.15, -0.1) is 0 Å². The summed E-state index contributed by atoms with van der Waals surface area (Å²) in [5.41, 5.74) is 0.816. The molecule has 2 aromatic carbocycles. The number of fused-ring (bicyclic) bond motifs is 2. The van der Waals surface area contributed by atoms with Gasteiger partial charge in [0.1, 0.15) is 5.75 Å². The van der Waals surface area contributed by atoms with Gasteiger partial charge in [-0.05, 0) is 23.8 Å². The van der Waals surface area contributed by atoms with Crippen LogP contribution in [0, 0.1) is 0 Å². The Morgan fingerprint density at radius 1 is 1.18 bits per heavy atom. The minimum absolute atomic E-state index is 0.101. The zero-order valence-corrected chi connectivity index (χ0v) is 15.8. The second kappa shape index (κ2) is 6.67. The normalized spacial score (nSPS) is 20.6. The highest BCUT2D eigenvalue weighted by atomic mass is 16.5. The third-order valence-corrected chi connectivity index (χ3v) is 5.18. The van der Waals surface area contributed by atoms with E-state index in [-0.39, 0.29) is 18.4 Å². The van der Waals surface area contributed by atoms with E-state index in [9.17, 15) is 14.4 Å². The van der Waals surface area contributed by atoms with Gasteiger partial charge < -0.3 is 15.0 Å². The molecule has 1 saturated heterocycles. The molecule has 7 heteroatoms. The Bertz CT molecular complexity index is 972. The number of urea groups is 1. The van der Waals surface area contributed by atoms with Crippen LogP contribution in [0.2, 0.25) is 0 Å². The van der Waals surface area contributed by atoms with Gasteiger partial charge in [-0.1, -0.05) is 30.3 Å². The molecule has 7 nitrogen and oxygen atoms in total. The van der Waals surface area contributed by atoms with Crippen LogP contribution in [0.15, 0.2) is 48.5 Å². The van der Waals surface area contributed by atoms with Gasteiger partial charge in [0.25, 0.3) is 11.8 Å². The molecule has 1 unspecified atom stereocenters. The van der Waals surface area contributed by atoms with Gasteiger partial charge in [0.05, 0.1) is 13.2 Å². The van der Waals surface area contributed by atoms with E-state index in [0.717, 1.165) is 0 Å².